The van der Waals surface area contributed by atoms with E-state index in [9.17, 15) is 18.5 Å². The molecule has 0 unspecified atom stereocenters. The maximum Gasteiger partial charge on any atom is 0.270 e. The van der Waals surface area contributed by atoms with Gasteiger partial charge in [-0.15, -0.1) is 0 Å². The second-order valence-electron chi connectivity index (χ2n) is 5.18. The first-order valence-electron chi connectivity index (χ1n) is 7.12. The second kappa shape index (κ2) is 7.20. The maximum atomic E-state index is 13.0. The van der Waals surface area contributed by atoms with E-state index in [1.165, 1.54) is 27.8 Å². The van der Waals surface area contributed by atoms with Crippen LogP contribution < -0.4 is 0 Å². The number of rotatable bonds is 7. The Morgan fingerprint density at radius 3 is 2.61 bits per heavy atom. The second-order valence-corrected chi connectivity index (χ2v) is 7.86. The monoisotopic (exact) mass is 354 g/mol. The predicted octanol–water partition coefficient (Wildman–Crippen LogP) is 3.57. The summed E-state index contributed by atoms with van der Waals surface area (Å²) < 4.78 is 27.3. The average molecular weight is 354 g/mol. The van der Waals surface area contributed by atoms with Crippen LogP contribution in [0.2, 0.25) is 0 Å². The van der Waals surface area contributed by atoms with Crippen molar-refractivity contribution >= 4 is 27.0 Å². The van der Waals surface area contributed by atoms with E-state index in [1.54, 1.807) is 6.92 Å². The summed E-state index contributed by atoms with van der Waals surface area (Å²) in [7, 11) is -3.79. The van der Waals surface area contributed by atoms with Crippen molar-refractivity contribution in [2.24, 2.45) is 0 Å². The fourth-order valence-corrected chi connectivity index (χ4v) is 4.66. The Labute approximate surface area is 139 Å². The molecule has 0 amide bonds. The first-order chi connectivity index (χ1) is 10.9. The molecule has 0 saturated heterocycles. The molecular weight excluding hydrogens is 336 g/mol. The molecule has 124 valence electrons. The molecule has 0 aliphatic rings. The van der Waals surface area contributed by atoms with Crippen LogP contribution in [0.5, 0.6) is 0 Å². The molecule has 0 spiro atoms. The van der Waals surface area contributed by atoms with Crippen molar-refractivity contribution in [2.45, 2.75) is 31.7 Å². The summed E-state index contributed by atoms with van der Waals surface area (Å²) in [5.74, 6) is 0. The van der Waals surface area contributed by atoms with Gasteiger partial charge < -0.3 is 0 Å². The Balaban J connectivity index is 2.44. The lowest BCUT2D eigenvalue weighted by molar-refractivity contribution is -0.385. The zero-order valence-corrected chi connectivity index (χ0v) is 14.6. The van der Waals surface area contributed by atoms with Gasteiger partial charge in [0.2, 0.25) is 10.0 Å². The molecule has 0 atom stereocenters. The maximum absolute atomic E-state index is 13.0. The lowest BCUT2D eigenvalue weighted by atomic mass is 10.2. The molecular formula is C15H18N2O4S2. The molecule has 1 aromatic heterocycles. The van der Waals surface area contributed by atoms with Crippen molar-refractivity contribution in [1.29, 1.82) is 0 Å². The van der Waals surface area contributed by atoms with Gasteiger partial charge in [-0.1, -0.05) is 13.0 Å². The summed E-state index contributed by atoms with van der Waals surface area (Å²) in [4.78, 5) is 10.4. The zero-order chi connectivity index (χ0) is 17.0. The summed E-state index contributed by atoms with van der Waals surface area (Å²) >= 11 is 1.50. The van der Waals surface area contributed by atoms with E-state index in [0.717, 1.165) is 11.6 Å². The number of hydrogen-bond acceptors (Lipinski definition) is 5. The lowest BCUT2D eigenvalue weighted by Gasteiger charge is -2.22. The van der Waals surface area contributed by atoms with Crippen LogP contribution in [0.3, 0.4) is 0 Å². The molecule has 0 saturated carbocycles. The summed E-state index contributed by atoms with van der Waals surface area (Å²) in [6.07, 6.45) is 0.664. The molecule has 1 heterocycles. The number of thiophene rings is 1. The normalized spacial score (nSPS) is 11.8. The minimum atomic E-state index is -3.79. The summed E-state index contributed by atoms with van der Waals surface area (Å²) in [5.41, 5.74) is 1.19. The molecule has 8 heteroatoms. The van der Waals surface area contributed by atoms with E-state index in [0.29, 0.717) is 18.5 Å². The Hall–Kier alpha value is -1.77. The smallest absolute Gasteiger partial charge is 0.258 e. The van der Waals surface area contributed by atoms with Crippen molar-refractivity contribution < 1.29 is 13.3 Å². The van der Waals surface area contributed by atoms with Crippen LogP contribution >= 0.6 is 11.3 Å². The highest BCUT2D eigenvalue weighted by Gasteiger charge is 2.27. The first kappa shape index (κ1) is 17.6. The molecule has 23 heavy (non-hydrogen) atoms. The van der Waals surface area contributed by atoms with Crippen LogP contribution in [0.4, 0.5) is 5.69 Å². The van der Waals surface area contributed by atoms with Gasteiger partial charge in [0.25, 0.3) is 5.69 Å². The lowest BCUT2D eigenvalue weighted by Crippen LogP contribution is -2.31. The molecule has 2 aromatic rings. The van der Waals surface area contributed by atoms with E-state index in [4.69, 9.17) is 0 Å². The molecule has 0 fully saturated rings. The van der Waals surface area contributed by atoms with Gasteiger partial charge in [0.1, 0.15) is 0 Å². The summed E-state index contributed by atoms with van der Waals surface area (Å²) in [5, 5.41) is 14.7. The molecule has 2 rings (SSSR count). The van der Waals surface area contributed by atoms with Crippen LogP contribution in [0, 0.1) is 17.0 Å². The highest BCUT2D eigenvalue weighted by Crippen LogP contribution is 2.26. The molecule has 0 bridgehead atoms. The van der Waals surface area contributed by atoms with E-state index >= 15 is 0 Å². The Morgan fingerprint density at radius 2 is 2.04 bits per heavy atom. The van der Waals surface area contributed by atoms with E-state index in [2.05, 4.69) is 0 Å². The highest BCUT2D eigenvalue weighted by molar-refractivity contribution is 7.89. The zero-order valence-electron chi connectivity index (χ0n) is 12.9. The third-order valence-electron chi connectivity index (χ3n) is 3.41. The summed E-state index contributed by atoms with van der Waals surface area (Å²) in [6.45, 7) is 4.17. The molecule has 0 aliphatic heterocycles. The minimum Gasteiger partial charge on any atom is -0.258 e. The number of non-ortho nitro benzene ring substituents is 1. The summed E-state index contributed by atoms with van der Waals surface area (Å²) in [6, 6.07) is 5.81. The van der Waals surface area contributed by atoms with E-state index < -0.39 is 14.9 Å². The van der Waals surface area contributed by atoms with Gasteiger partial charge in [0.15, 0.2) is 0 Å². The van der Waals surface area contributed by atoms with E-state index in [-0.39, 0.29) is 17.1 Å². The van der Waals surface area contributed by atoms with Gasteiger partial charge in [0.05, 0.1) is 9.82 Å². The number of sulfonamides is 1. The minimum absolute atomic E-state index is 0.00428. The van der Waals surface area contributed by atoms with Gasteiger partial charge in [-0.3, -0.25) is 10.1 Å². The van der Waals surface area contributed by atoms with Crippen molar-refractivity contribution in [2.75, 3.05) is 6.54 Å². The average Bonchev–Trinajstić information content (AvgIpc) is 3.00. The van der Waals surface area contributed by atoms with E-state index in [1.807, 2.05) is 23.8 Å². The fraction of sp³-hybridized carbons (Fsp3) is 0.333. The first-order valence-corrected chi connectivity index (χ1v) is 9.50. The number of nitro benzene ring substituents is 1. The standard InChI is InChI=1S/C15H18N2O4S2/c1-3-7-16(10-13-6-8-22-11-13)23(20,21)15-9-14(17(18)19)5-4-12(15)2/h4-6,8-9,11H,3,7,10H2,1-2H3. The third kappa shape index (κ3) is 3.95. The van der Waals surface area contributed by atoms with Crippen LogP contribution in [0.1, 0.15) is 24.5 Å². The predicted molar refractivity (Wildman–Crippen MR) is 90.0 cm³/mol. The topological polar surface area (TPSA) is 80.5 Å². The number of aryl methyl sites for hydroxylation is 1. The van der Waals surface area contributed by atoms with Gasteiger partial charge in [-0.2, -0.15) is 15.6 Å². The van der Waals surface area contributed by atoms with Gasteiger partial charge in [-0.25, -0.2) is 8.42 Å². The van der Waals surface area contributed by atoms with Crippen LogP contribution in [0.15, 0.2) is 39.9 Å². The van der Waals surface area contributed by atoms with Gasteiger partial charge >= 0.3 is 0 Å². The number of benzene rings is 1. The molecule has 0 N–H and O–H groups in total. The number of hydrogen-bond donors (Lipinski definition) is 0. The van der Waals surface area contributed by atoms with Gasteiger partial charge in [0, 0.05) is 25.2 Å². The molecule has 6 nitrogen and oxygen atoms in total. The van der Waals surface area contributed by atoms with Gasteiger partial charge in [-0.05, 0) is 41.3 Å². The molecule has 1 aromatic carbocycles. The highest BCUT2D eigenvalue weighted by atomic mass is 32.2. The Morgan fingerprint density at radius 1 is 1.30 bits per heavy atom. The number of nitro groups is 1. The molecule has 0 radical (unpaired) electrons. The van der Waals surface area contributed by atoms with Crippen molar-refractivity contribution in [3.05, 3.63) is 56.3 Å². The van der Waals surface area contributed by atoms with Crippen molar-refractivity contribution in [3.63, 3.8) is 0 Å². The Bertz CT molecular complexity index is 786. The van der Waals surface area contributed by atoms with Crippen molar-refractivity contribution in [3.8, 4) is 0 Å². The van der Waals surface area contributed by atoms with Crippen LogP contribution in [-0.2, 0) is 16.6 Å². The third-order valence-corrected chi connectivity index (χ3v) is 6.13. The molecule has 0 aliphatic carbocycles. The van der Waals surface area contributed by atoms with Crippen LogP contribution in [0.25, 0.3) is 0 Å². The quantitative estimate of drug-likeness (QED) is 0.562. The SMILES string of the molecule is CCCN(Cc1ccsc1)S(=O)(=O)c1cc([N+](=O)[O-])ccc1C. The Kier molecular flexibility index (Phi) is 5.51. The van der Waals surface area contributed by atoms with Crippen molar-refractivity contribution in [1.82, 2.24) is 4.31 Å². The fourth-order valence-electron chi connectivity index (χ4n) is 2.24. The number of nitrogens with zero attached hydrogens (tertiary/aromatic N) is 2. The largest absolute Gasteiger partial charge is 0.270 e. The van der Waals surface area contributed by atoms with Crippen LogP contribution in [-0.4, -0.2) is 24.2 Å².